The van der Waals surface area contributed by atoms with Crippen LogP contribution in [0.3, 0.4) is 0 Å². The lowest BCUT2D eigenvalue weighted by Gasteiger charge is -2.04. The summed E-state index contributed by atoms with van der Waals surface area (Å²) in [4.78, 5) is 12.1. The van der Waals surface area contributed by atoms with Crippen molar-refractivity contribution in [1.82, 2.24) is 0 Å². The zero-order valence-corrected chi connectivity index (χ0v) is 18.7. The topological polar surface area (TPSA) is 51.0 Å². The first-order valence-electron chi connectivity index (χ1n) is 9.94. The van der Waals surface area contributed by atoms with E-state index in [1.54, 1.807) is 48.6 Å². The predicted octanol–water partition coefficient (Wildman–Crippen LogP) is 8.32. The summed E-state index contributed by atoms with van der Waals surface area (Å²) in [6.07, 6.45) is 3.50. The number of carbonyl (C=O) groups excluding carboxylic acids is 1. The minimum atomic E-state index is -0.397. The summed E-state index contributed by atoms with van der Waals surface area (Å²) < 4.78 is 5.34. The van der Waals surface area contributed by atoms with Gasteiger partial charge in [-0.2, -0.15) is 10.2 Å². The van der Waals surface area contributed by atoms with E-state index in [-0.39, 0.29) is 0 Å². The van der Waals surface area contributed by atoms with Crippen LogP contribution in [0.5, 0.6) is 5.75 Å². The van der Waals surface area contributed by atoms with Crippen molar-refractivity contribution < 1.29 is 9.53 Å². The Labute approximate surface area is 185 Å². The molecular weight excluding hydrogens is 384 g/mol. The second-order valence-corrected chi connectivity index (χ2v) is 6.60. The number of rotatable bonds is 4. The highest BCUT2D eigenvalue weighted by Gasteiger charge is 2.08. The predicted molar refractivity (Wildman–Crippen MR) is 130 cm³/mol. The molecule has 4 nitrogen and oxygen atoms in total. The maximum atomic E-state index is 12.1. The Morgan fingerprint density at radius 1 is 0.710 bits per heavy atom. The first-order valence-corrected chi connectivity index (χ1v) is 9.94. The minimum Gasteiger partial charge on any atom is -0.423 e. The highest BCUT2D eigenvalue weighted by molar-refractivity contribution is 5.91. The largest absolute Gasteiger partial charge is 0.423 e. The molecule has 0 aliphatic rings. The molecule has 3 aromatic carbocycles. The zero-order valence-electron chi connectivity index (χ0n) is 18.7. The van der Waals surface area contributed by atoms with E-state index in [9.17, 15) is 4.79 Å². The molecule has 0 aromatic heterocycles. The Balaban J connectivity index is 0.000000720. The van der Waals surface area contributed by atoms with Crippen LogP contribution in [0.1, 0.15) is 35.3 Å². The van der Waals surface area contributed by atoms with Crippen molar-refractivity contribution >= 4 is 17.3 Å². The first-order chi connectivity index (χ1) is 14.9. The monoisotopic (exact) mass is 414 g/mol. The lowest BCUT2D eigenvalue weighted by atomic mass is 10.2. The number of benzene rings is 3. The number of hydrogen-bond acceptors (Lipinski definition) is 4. The molecule has 0 bridgehead atoms. The smallest absolute Gasteiger partial charge is 0.343 e. The summed E-state index contributed by atoms with van der Waals surface area (Å²) in [6.45, 7) is 14.5. The van der Waals surface area contributed by atoms with Gasteiger partial charge in [-0.25, -0.2) is 4.79 Å². The Hall–Kier alpha value is -3.79. The molecule has 4 heteroatoms. The summed E-state index contributed by atoms with van der Waals surface area (Å²) in [5.74, 6) is 0.129. The van der Waals surface area contributed by atoms with Crippen molar-refractivity contribution in [1.29, 1.82) is 0 Å². The van der Waals surface area contributed by atoms with Gasteiger partial charge in [0.05, 0.1) is 16.9 Å². The summed E-state index contributed by atoms with van der Waals surface area (Å²) in [5.41, 5.74) is 4.22. The number of hydrogen-bond donors (Lipinski definition) is 0. The molecule has 3 rings (SSSR count). The SMILES string of the molecule is C=CC.C=CC.Cc1ccc(N=Nc2ccc(C(=O)Oc3ccc(C)cc3)cc2)cc1. The van der Waals surface area contributed by atoms with Crippen LogP contribution < -0.4 is 4.74 Å². The fourth-order valence-electron chi connectivity index (χ4n) is 2.16. The van der Waals surface area contributed by atoms with Gasteiger partial charge in [-0.05, 0) is 76.2 Å². The molecule has 0 heterocycles. The van der Waals surface area contributed by atoms with Crippen LogP contribution in [0.25, 0.3) is 0 Å². The molecule has 0 unspecified atom stereocenters. The van der Waals surface area contributed by atoms with E-state index in [0.29, 0.717) is 17.0 Å². The van der Waals surface area contributed by atoms with Gasteiger partial charge in [0.25, 0.3) is 0 Å². The molecule has 0 radical (unpaired) electrons. The van der Waals surface area contributed by atoms with Gasteiger partial charge in [0.15, 0.2) is 0 Å². The van der Waals surface area contributed by atoms with Crippen molar-refractivity contribution in [3.63, 3.8) is 0 Å². The molecule has 0 N–H and O–H groups in total. The third kappa shape index (κ3) is 9.99. The number of ether oxygens (including phenoxy) is 1. The highest BCUT2D eigenvalue weighted by Crippen LogP contribution is 2.20. The normalized spacial score (nSPS) is 9.55. The van der Waals surface area contributed by atoms with Gasteiger partial charge in [-0.1, -0.05) is 47.5 Å². The van der Waals surface area contributed by atoms with Crippen molar-refractivity contribution in [3.05, 3.63) is 115 Å². The number of azo groups is 1. The van der Waals surface area contributed by atoms with Crippen LogP contribution in [0.4, 0.5) is 11.4 Å². The number of esters is 1. The Morgan fingerprint density at radius 2 is 1.06 bits per heavy atom. The van der Waals surface area contributed by atoms with Crippen LogP contribution in [0.15, 0.2) is 108 Å². The quantitative estimate of drug-likeness (QED) is 0.186. The molecule has 0 spiro atoms. The van der Waals surface area contributed by atoms with Gasteiger partial charge in [0.1, 0.15) is 5.75 Å². The maximum absolute atomic E-state index is 12.1. The number of allylic oxidation sites excluding steroid dienone is 2. The summed E-state index contributed by atoms with van der Waals surface area (Å²) >= 11 is 0. The fourth-order valence-corrected chi connectivity index (χ4v) is 2.16. The van der Waals surface area contributed by atoms with Gasteiger partial charge >= 0.3 is 5.97 Å². The molecule has 0 saturated carbocycles. The zero-order chi connectivity index (χ0) is 23.1. The number of nitrogens with zero attached hydrogens (tertiary/aromatic N) is 2. The molecule has 3 aromatic rings. The Morgan fingerprint density at radius 3 is 1.48 bits per heavy atom. The number of carbonyl (C=O) groups is 1. The molecule has 160 valence electrons. The first kappa shape index (κ1) is 25.2. The molecular formula is C27H30N2O2. The lowest BCUT2D eigenvalue weighted by molar-refractivity contribution is 0.0735. The maximum Gasteiger partial charge on any atom is 0.343 e. The Kier molecular flexibility index (Phi) is 11.6. The third-order valence-corrected chi connectivity index (χ3v) is 3.65. The summed E-state index contributed by atoms with van der Waals surface area (Å²) in [6, 6.07) is 22.0. The molecule has 31 heavy (non-hydrogen) atoms. The molecule has 0 saturated heterocycles. The van der Waals surface area contributed by atoms with Crippen molar-refractivity contribution in [2.24, 2.45) is 10.2 Å². The van der Waals surface area contributed by atoms with Crippen LogP contribution in [-0.4, -0.2) is 5.97 Å². The average molecular weight is 415 g/mol. The molecule has 0 atom stereocenters. The molecule has 0 aliphatic carbocycles. The van der Waals surface area contributed by atoms with E-state index in [0.717, 1.165) is 11.3 Å². The van der Waals surface area contributed by atoms with Gasteiger partial charge in [-0.15, -0.1) is 13.2 Å². The van der Waals surface area contributed by atoms with Crippen LogP contribution in [0.2, 0.25) is 0 Å². The van der Waals surface area contributed by atoms with Crippen molar-refractivity contribution in [2.75, 3.05) is 0 Å². The molecule has 0 aliphatic heterocycles. The molecule has 0 amide bonds. The third-order valence-electron chi connectivity index (χ3n) is 3.65. The second-order valence-electron chi connectivity index (χ2n) is 6.60. The van der Waals surface area contributed by atoms with Gasteiger partial charge in [0, 0.05) is 0 Å². The minimum absolute atomic E-state index is 0.397. The van der Waals surface area contributed by atoms with Crippen molar-refractivity contribution in [2.45, 2.75) is 27.7 Å². The van der Waals surface area contributed by atoms with Gasteiger partial charge in [0.2, 0.25) is 0 Å². The van der Waals surface area contributed by atoms with E-state index in [1.807, 2.05) is 64.1 Å². The van der Waals surface area contributed by atoms with Gasteiger partial charge in [-0.3, -0.25) is 0 Å². The highest BCUT2D eigenvalue weighted by atomic mass is 16.5. The summed E-state index contributed by atoms with van der Waals surface area (Å²) in [5, 5.41) is 8.35. The van der Waals surface area contributed by atoms with E-state index >= 15 is 0 Å². The van der Waals surface area contributed by atoms with E-state index in [4.69, 9.17) is 4.74 Å². The standard InChI is InChI=1S/C21H18N2O2.2C3H6/c1-15-3-9-18(10-4-15)22-23-19-11-7-17(8-12-19)21(24)25-20-13-5-16(2)6-14-20;2*1-3-2/h3-14H,1-2H3;2*3H,1H2,2H3. The molecule has 0 fully saturated rings. The average Bonchev–Trinajstić information content (AvgIpc) is 2.76. The van der Waals surface area contributed by atoms with Crippen LogP contribution in [-0.2, 0) is 0 Å². The van der Waals surface area contributed by atoms with E-state index < -0.39 is 5.97 Å². The number of aryl methyl sites for hydroxylation is 2. The van der Waals surface area contributed by atoms with Crippen LogP contribution in [0, 0.1) is 13.8 Å². The van der Waals surface area contributed by atoms with E-state index in [2.05, 4.69) is 23.4 Å². The van der Waals surface area contributed by atoms with E-state index in [1.165, 1.54) is 5.56 Å². The van der Waals surface area contributed by atoms with Crippen LogP contribution >= 0.6 is 0 Å². The fraction of sp³-hybridized carbons (Fsp3) is 0.148. The Bertz CT molecular complexity index is 965. The van der Waals surface area contributed by atoms with Gasteiger partial charge < -0.3 is 4.74 Å². The lowest BCUT2D eigenvalue weighted by Crippen LogP contribution is -2.07. The van der Waals surface area contributed by atoms with Crippen molar-refractivity contribution in [3.8, 4) is 5.75 Å². The second kappa shape index (κ2) is 14.2. The summed E-state index contributed by atoms with van der Waals surface area (Å²) in [7, 11) is 0.